The predicted molar refractivity (Wildman–Crippen MR) is 126 cm³/mol. The van der Waals surface area contributed by atoms with Crippen LogP contribution in [0.2, 0.25) is 0 Å². The zero-order valence-electron chi connectivity index (χ0n) is 16.1. The van der Waals surface area contributed by atoms with Crippen molar-refractivity contribution in [3.63, 3.8) is 0 Å². The highest BCUT2D eigenvalue weighted by Gasteiger charge is 2.49. The maximum atomic E-state index is 13.6. The van der Waals surface area contributed by atoms with Gasteiger partial charge < -0.3 is 0 Å². The molecular weight excluding hydrogens is 410 g/mol. The Kier molecular flexibility index (Phi) is 5.49. The number of nitriles is 1. The Labute approximate surface area is 184 Å². The van der Waals surface area contributed by atoms with Crippen molar-refractivity contribution in [2.24, 2.45) is 4.99 Å². The highest BCUT2D eigenvalue weighted by Crippen LogP contribution is 2.39. The van der Waals surface area contributed by atoms with Gasteiger partial charge >= 0.3 is 0 Å². The minimum Gasteiger partial charge on any atom is -0.269 e. The Bertz CT molecular complexity index is 1190. The second kappa shape index (κ2) is 8.23. The lowest BCUT2D eigenvalue weighted by atomic mass is 9.94. The van der Waals surface area contributed by atoms with Crippen molar-refractivity contribution in [1.82, 2.24) is 0 Å². The monoisotopic (exact) mass is 427 g/mol. The molecule has 0 aromatic heterocycles. The van der Waals surface area contributed by atoms with Gasteiger partial charge in [-0.2, -0.15) is 5.26 Å². The van der Waals surface area contributed by atoms with Crippen LogP contribution in [0.25, 0.3) is 0 Å². The Morgan fingerprint density at radius 3 is 2.23 bits per heavy atom. The molecule has 30 heavy (non-hydrogen) atoms. The molecule has 0 unspecified atom stereocenters. The highest BCUT2D eigenvalue weighted by atomic mass is 32.2. The van der Waals surface area contributed by atoms with Crippen molar-refractivity contribution in [2.75, 3.05) is 11.2 Å². The van der Waals surface area contributed by atoms with E-state index in [1.807, 2.05) is 60.7 Å². The van der Waals surface area contributed by atoms with E-state index in [2.05, 4.69) is 6.07 Å². The first-order chi connectivity index (χ1) is 14.6. The molecule has 1 heterocycles. The van der Waals surface area contributed by atoms with Gasteiger partial charge in [-0.25, -0.2) is 4.99 Å². The van der Waals surface area contributed by atoms with E-state index in [1.165, 1.54) is 16.7 Å². The fourth-order valence-electron chi connectivity index (χ4n) is 3.50. The van der Waals surface area contributed by atoms with Crippen LogP contribution in [0, 0.1) is 11.3 Å². The third kappa shape index (κ3) is 3.22. The summed E-state index contributed by atoms with van der Waals surface area (Å²) >= 11 is 6.86. The molecule has 0 radical (unpaired) electrons. The van der Waals surface area contributed by atoms with E-state index in [1.54, 1.807) is 30.5 Å². The van der Waals surface area contributed by atoms with Crippen LogP contribution >= 0.6 is 24.0 Å². The maximum Gasteiger partial charge on any atom is 0.270 e. The molecule has 4 nitrogen and oxygen atoms in total. The van der Waals surface area contributed by atoms with E-state index in [0.717, 1.165) is 11.1 Å². The first-order valence-electron chi connectivity index (χ1n) is 9.26. The number of hydrogen-bond acceptors (Lipinski definition) is 5. The van der Waals surface area contributed by atoms with Crippen LogP contribution in [-0.4, -0.2) is 27.7 Å². The van der Waals surface area contributed by atoms with Gasteiger partial charge in [-0.1, -0.05) is 78.9 Å². The Balaban J connectivity index is 2.02. The molecule has 6 heteroatoms. The summed E-state index contributed by atoms with van der Waals surface area (Å²) in [6, 6.07) is 28.3. The van der Waals surface area contributed by atoms with Gasteiger partial charge in [-0.15, -0.1) is 11.8 Å². The average Bonchev–Trinajstić information content (AvgIpc) is 2.83. The van der Waals surface area contributed by atoms with Gasteiger partial charge in [-0.05, 0) is 24.5 Å². The van der Waals surface area contributed by atoms with Crippen LogP contribution in [0.1, 0.15) is 21.5 Å². The second-order valence-corrected chi connectivity index (χ2v) is 8.11. The first kappa shape index (κ1) is 20.0. The number of benzene rings is 3. The first-order valence-corrected chi connectivity index (χ1v) is 10.9. The van der Waals surface area contributed by atoms with Gasteiger partial charge in [0.15, 0.2) is 0 Å². The van der Waals surface area contributed by atoms with Gasteiger partial charge in [-0.3, -0.25) is 9.69 Å². The van der Waals surface area contributed by atoms with Crippen LogP contribution in [0.5, 0.6) is 0 Å². The van der Waals surface area contributed by atoms with Crippen molar-refractivity contribution >= 4 is 45.5 Å². The lowest BCUT2D eigenvalue weighted by Gasteiger charge is -2.40. The minimum absolute atomic E-state index is 0.317. The van der Waals surface area contributed by atoms with Crippen molar-refractivity contribution in [1.29, 1.82) is 5.26 Å². The van der Waals surface area contributed by atoms with Crippen molar-refractivity contribution in [3.05, 3.63) is 102 Å². The summed E-state index contributed by atoms with van der Waals surface area (Å²) in [6.07, 6.45) is 1.80. The van der Waals surface area contributed by atoms with Crippen molar-refractivity contribution < 1.29 is 4.79 Å². The molecule has 0 bridgehead atoms. The van der Waals surface area contributed by atoms with Gasteiger partial charge in [0.25, 0.3) is 11.6 Å². The Morgan fingerprint density at radius 1 is 1.00 bits per heavy atom. The van der Waals surface area contributed by atoms with Gasteiger partial charge in [0.2, 0.25) is 0 Å². The summed E-state index contributed by atoms with van der Waals surface area (Å²) in [7, 11) is 0. The molecule has 0 N–H and O–H groups in total. The SMILES string of the molecule is CSC(=S)[C@@]1(C#N)N=C(c2ccccc2)c2ccccc2N1C(=O)c1ccccc1. The number of nitrogens with zero attached hydrogens (tertiary/aromatic N) is 3. The fourth-order valence-corrected chi connectivity index (χ4v) is 4.15. The number of carbonyl (C=O) groups excluding carboxylic acids is 1. The number of anilines is 1. The molecule has 3 aromatic rings. The number of aliphatic imine (C=N–C) groups is 1. The van der Waals surface area contributed by atoms with Crippen molar-refractivity contribution in [2.45, 2.75) is 5.66 Å². The molecule has 3 aromatic carbocycles. The quantitative estimate of drug-likeness (QED) is 0.546. The lowest BCUT2D eigenvalue weighted by molar-refractivity contribution is 0.0976. The zero-order chi connectivity index (χ0) is 21.1. The maximum absolute atomic E-state index is 13.6. The topological polar surface area (TPSA) is 56.5 Å². The molecule has 4 rings (SSSR count). The number of fused-ring (bicyclic) bond motifs is 1. The summed E-state index contributed by atoms with van der Waals surface area (Å²) in [5.41, 5.74) is 1.72. The predicted octanol–water partition coefficient (Wildman–Crippen LogP) is 5.09. The smallest absolute Gasteiger partial charge is 0.269 e. The van der Waals surface area contributed by atoms with Crippen molar-refractivity contribution in [3.8, 4) is 6.07 Å². The van der Waals surface area contributed by atoms with Crippen LogP contribution < -0.4 is 4.90 Å². The minimum atomic E-state index is -1.64. The molecule has 1 amide bonds. The third-order valence-electron chi connectivity index (χ3n) is 4.89. The number of thiocarbonyl (C=S) groups is 1. The second-order valence-electron chi connectivity index (χ2n) is 6.63. The number of amides is 1. The number of carbonyl (C=O) groups is 1. The normalized spacial score (nSPS) is 17.5. The molecular formula is C24H17N3OS2. The molecule has 146 valence electrons. The fraction of sp³-hybridized carbons (Fsp3) is 0.0833. The third-order valence-corrected chi connectivity index (χ3v) is 6.33. The van der Waals surface area contributed by atoms with Gasteiger partial charge in [0.1, 0.15) is 10.3 Å². The van der Waals surface area contributed by atoms with E-state index < -0.39 is 5.66 Å². The van der Waals surface area contributed by atoms with Crippen LogP contribution in [0.15, 0.2) is 89.9 Å². The molecule has 1 aliphatic heterocycles. The van der Waals surface area contributed by atoms with E-state index >= 15 is 0 Å². The Hall–Kier alpha value is -3.27. The van der Waals surface area contributed by atoms with Gasteiger partial charge in [0, 0.05) is 16.7 Å². The van der Waals surface area contributed by atoms with E-state index in [-0.39, 0.29) is 5.91 Å². The van der Waals surface area contributed by atoms with Crippen LogP contribution in [0.3, 0.4) is 0 Å². The standard InChI is InChI=1S/C24H17N3OS2/c1-30-23(29)24(16-25)26-21(17-10-4-2-5-11-17)19-14-8-9-15-20(19)27(24)22(28)18-12-6-3-7-13-18/h2-15H,1H3/t24-/m0/s1. The Morgan fingerprint density at radius 2 is 1.60 bits per heavy atom. The molecule has 1 aliphatic rings. The average molecular weight is 428 g/mol. The number of hydrogen-bond donors (Lipinski definition) is 0. The van der Waals surface area contributed by atoms with Crippen LogP contribution in [-0.2, 0) is 0 Å². The molecule has 1 atom stereocenters. The summed E-state index contributed by atoms with van der Waals surface area (Å²) < 4.78 is 0.317. The van der Waals surface area contributed by atoms with E-state index in [4.69, 9.17) is 17.2 Å². The van der Waals surface area contributed by atoms with E-state index in [9.17, 15) is 10.1 Å². The summed E-state index contributed by atoms with van der Waals surface area (Å²) in [5, 5.41) is 10.3. The molecule has 0 saturated heterocycles. The molecule has 0 spiro atoms. The molecule has 0 aliphatic carbocycles. The van der Waals surface area contributed by atoms with Crippen LogP contribution in [0.4, 0.5) is 5.69 Å². The zero-order valence-corrected chi connectivity index (χ0v) is 17.8. The lowest BCUT2D eigenvalue weighted by Crippen LogP contribution is -2.57. The summed E-state index contributed by atoms with van der Waals surface area (Å²) in [6.45, 7) is 0. The highest BCUT2D eigenvalue weighted by molar-refractivity contribution is 8.23. The van der Waals surface area contributed by atoms with E-state index in [0.29, 0.717) is 21.2 Å². The summed E-state index contributed by atoms with van der Waals surface area (Å²) in [5.74, 6) is -0.322. The van der Waals surface area contributed by atoms with Gasteiger partial charge in [0.05, 0.1) is 11.4 Å². The number of thioether (sulfide) groups is 1. The largest absolute Gasteiger partial charge is 0.270 e. The number of para-hydroxylation sites is 1. The molecule has 0 fully saturated rings. The molecule has 0 saturated carbocycles. The number of rotatable bonds is 3. The summed E-state index contributed by atoms with van der Waals surface area (Å²) in [4.78, 5) is 19.9.